The van der Waals surface area contributed by atoms with Gasteiger partial charge in [-0.05, 0) is 37.8 Å². The fraction of sp³-hybridized carbons (Fsp3) is 0.667. The lowest BCUT2D eigenvalue weighted by Gasteiger charge is -2.38. The molecule has 0 unspecified atom stereocenters. The maximum absolute atomic E-state index is 11.7. The van der Waals surface area contributed by atoms with Crippen LogP contribution in [0.25, 0.3) is 0 Å². The molecule has 2 aliphatic heterocycles. The predicted molar refractivity (Wildman–Crippen MR) is 137 cm³/mol. The highest BCUT2D eigenvalue weighted by molar-refractivity contribution is 14.0. The zero-order chi connectivity index (χ0) is 21.6. The van der Waals surface area contributed by atoms with Crippen LogP contribution in [0.15, 0.2) is 29.3 Å². The second-order valence-electron chi connectivity index (χ2n) is 7.95. The Morgan fingerprint density at radius 2 is 1.77 bits per heavy atom. The molecule has 31 heavy (non-hydrogen) atoms. The summed E-state index contributed by atoms with van der Waals surface area (Å²) < 4.78 is 30.5. The Bertz CT molecular complexity index is 820. The summed E-state index contributed by atoms with van der Waals surface area (Å²) in [7, 11) is -1.36. The molecule has 2 saturated heterocycles. The van der Waals surface area contributed by atoms with Crippen molar-refractivity contribution in [3.8, 4) is 5.75 Å². The molecule has 1 N–H and O–H groups in total. The first kappa shape index (κ1) is 26.0. The molecule has 176 valence electrons. The van der Waals surface area contributed by atoms with Gasteiger partial charge in [-0.1, -0.05) is 12.1 Å². The molecule has 2 fully saturated rings. The van der Waals surface area contributed by atoms with Crippen molar-refractivity contribution in [2.45, 2.75) is 19.8 Å². The highest BCUT2D eigenvalue weighted by Gasteiger charge is 2.26. The van der Waals surface area contributed by atoms with Gasteiger partial charge < -0.3 is 19.9 Å². The molecule has 0 spiro atoms. The molecule has 0 radical (unpaired) electrons. The third kappa shape index (κ3) is 7.11. The number of para-hydroxylation sites is 2. The van der Waals surface area contributed by atoms with E-state index in [1.807, 2.05) is 18.2 Å². The molecule has 2 aliphatic rings. The number of sulfonamides is 1. The van der Waals surface area contributed by atoms with E-state index < -0.39 is 10.0 Å². The number of hydrogen-bond acceptors (Lipinski definition) is 5. The highest BCUT2D eigenvalue weighted by atomic mass is 127. The van der Waals surface area contributed by atoms with Crippen LogP contribution >= 0.6 is 24.0 Å². The van der Waals surface area contributed by atoms with Gasteiger partial charge >= 0.3 is 0 Å². The second kappa shape index (κ2) is 12.1. The molecule has 10 heteroatoms. The van der Waals surface area contributed by atoms with Crippen LogP contribution in [0.3, 0.4) is 0 Å². The van der Waals surface area contributed by atoms with Crippen molar-refractivity contribution < 1.29 is 13.2 Å². The van der Waals surface area contributed by atoms with Gasteiger partial charge in [0.1, 0.15) is 5.75 Å². The molecule has 1 aromatic rings. The largest absolute Gasteiger partial charge is 0.495 e. The van der Waals surface area contributed by atoms with Gasteiger partial charge in [0.05, 0.1) is 19.1 Å². The minimum Gasteiger partial charge on any atom is -0.495 e. The summed E-state index contributed by atoms with van der Waals surface area (Å²) >= 11 is 0. The van der Waals surface area contributed by atoms with Gasteiger partial charge in [-0.25, -0.2) is 12.7 Å². The Balaban J connectivity index is 0.00000341. The van der Waals surface area contributed by atoms with Crippen molar-refractivity contribution >= 4 is 45.6 Å². The third-order valence-electron chi connectivity index (χ3n) is 5.88. The lowest BCUT2D eigenvalue weighted by Crippen LogP contribution is -2.52. The zero-order valence-electron chi connectivity index (χ0n) is 18.8. The average molecular weight is 566 g/mol. The third-order valence-corrected chi connectivity index (χ3v) is 7.18. The van der Waals surface area contributed by atoms with E-state index in [2.05, 4.69) is 28.1 Å². The van der Waals surface area contributed by atoms with Crippen molar-refractivity contribution in [1.82, 2.24) is 14.5 Å². The van der Waals surface area contributed by atoms with Crippen molar-refractivity contribution in [3.63, 3.8) is 0 Å². The normalized spacial score (nSPS) is 19.1. The Hall–Kier alpha value is -1.27. The molecule has 8 nitrogen and oxygen atoms in total. The van der Waals surface area contributed by atoms with Crippen LogP contribution in [-0.2, 0) is 10.0 Å². The first-order valence-corrected chi connectivity index (χ1v) is 12.6. The van der Waals surface area contributed by atoms with E-state index in [0.717, 1.165) is 69.5 Å². The second-order valence-corrected chi connectivity index (χ2v) is 9.93. The first-order chi connectivity index (χ1) is 14.4. The molecule has 1 aromatic carbocycles. The number of guanidine groups is 1. The van der Waals surface area contributed by atoms with Gasteiger partial charge in [0.2, 0.25) is 10.0 Å². The molecule has 0 bridgehead atoms. The van der Waals surface area contributed by atoms with Crippen LogP contribution in [0.2, 0.25) is 0 Å². The van der Waals surface area contributed by atoms with Crippen LogP contribution in [0.1, 0.15) is 19.8 Å². The standard InChI is InChI=1S/C21H35N5O3S.HI/c1-4-22-21(23-17-18-9-11-26(12-10-18)30(3,27)28)25-15-13-24(14-16-25)19-7-5-6-8-20(19)29-2;/h5-8,18H,4,9-17H2,1-3H3,(H,22,23);1H. The summed E-state index contributed by atoms with van der Waals surface area (Å²) in [6.45, 7) is 8.50. The van der Waals surface area contributed by atoms with Crippen molar-refractivity contribution in [1.29, 1.82) is 0 Å². The average Bonchev–Trinajstić information content (AvgIpc) is 2.76. The summed E-state index contributed by atoms with van der Waals surface area (Å²) in [5.74, 6) is 2.31. The maximum Gasteiger partial charge on any atom is 0.211 e. The van der Waals surface area contributed by atoms with Crippen LogP contribution in [-0.4, -0.2) is 89.3 Å². The fourth-order valence-corrected chi connectivity index (χ4v) is 4.99. The number of rotatable bonds is 6. The number of aliphatic imine (C=N–C) groups is 1. The number of benzene rings is 1. The lowest BCUT2D eigenvalue weighted by atomic mass is 9.98. The maximum atomic E-state index is 11.7. The summed E-state index contributed by atoms with van der Waals surface area (Å²) in [6, 6.07) is 8.15. The molecule has 0 saturated carbocycles. The van der Waals surface area contributed by atoms with Gasteiger partial charge in [0.25, 0.3) is 0 Å². The molecular weight excluding hydrogens is 529 g/mol. The Morgan fingerprint density at radius 3 is 2.35 bits per heavy atom. The fourth-order valence-electron chi connectivity index (χ4n) is 4.12. The first-order valence-electron chi connectivity index (χ1n) is 10.8. The number of nitrogens with zero attached hydrogens (tertiary/aromatic N) is 4. The van der Waals surface area contributed by atoms with Gasteiger partial charge in [-0.2, -0.15) is 0 Å². The van der Waals surface area contributed by atoms with Crippen molar-refractivity contribution in [2.75, 3.05) is 70.6 Å². The van der Waals surface area contributed by atoms with Crippen molar-refractivity contribution in [3.05, 3.63) is 24.3 Å². The minimum absolute atomic E-state index is 0. The zero-order valence-corrected chi connectivity index (χ0v) is 21.9. The number of halogens is 1. The van der Waals surface area contributed by atoms with E-state index in [1.54, 1.807) is 11.4 Å². The summed E-state index contributed by atoms with van der Waals surface area (Å²) in [5, 5.41) is 3.43. The smallest absolute Gasteiger partial charge is 0.211 e. The van der Waals surface area contributed by atoms with Crippen LogP contribution in [0, 0.1) is 5.92 Å². The summed E-state index contributed by atoms with van der Waals surface area (Å²) in [5.41, 5.74) is 1.14. The number of piperidine rings is 1. The number of piperazine rings is 1. The lowest BCUT2D eigenvalue weighted by molar-refractivity contribution is 0.279. The van der Waals surface area contributed by atoms with Crippen LogP contribution < -0.4 is 15.0 Å². The van der Waals surface area contributed by atoms with E-state index in [-0.39, 0.29) is 24.0 Å². The summed E-state index contributed by atoms with van der Waals surface area (Å²) in [4.78, 5) is 9.58. The SMILES string of the molecule is CCNC(=NCC1CCN(S(C)(=O)=O)CC1)N1CCN(c2ccccc2OC)CC1.I. The topological polar surface area (TPSA) is 77.5 Å². The Morgan fingerprint density at radius 1 is 1.13 bits per heavy atom. The summed E-state index contributed by atoms with van der Waals surface area (Å²) in [6.07, 6.45) is 3.04. The molecule has 0 atom stereocenters. The molecule has 0 aromatic heterocycles. The minimum atomic E-state index is -3.08. The molecule has 3 rings (SSSR count). The van der Waals surface area contributed by atoms with Crippen molar-refractivity contribution in [2.24, 2.45) is 10.9 Å². The van der Waals surface area contributed by atoms with E-state index in [4.69, 9.17) is 9.73 Å². The predicted octanol–water partition coefficient (Wildman–Crippen LogP) is 2.07. The van der Waals surface area contributed by atoms with Gasteiger partial charge in [0.15, 0.2) is 5.96 Å². The number of hydrogen-bond donors (Lipinski definition) is 1. The van der Waals surface area contributed by atoms with Gasteiger partial charge in [-0.3, -0.25) is 4.99 Å². The Labute approximate surface area is 204 Å². The highest BCUT2D eigenvalue weighted by Crippen LogP contribution is 2.28. The van der Waals surface area contributed by atoms with Gasteiger partial charge in [-0.15, -0.1) is 24.0 Å². The van der Waals surface area contributed by atoms with Gasteiger partial charge in [0, 0.05) is 52.4 Å². The molecule has 0 aliphatic carbocycles. The van der Waals surface area contributed by atoms with Crippen LogP contribution in [0.5, 0.6) is 5.75 Å². The molecule has 0 amide bonds. The molecule has 2 heterocycles. The molecular formula is C21H36IN5O3S. The monoisotopic (exact) mass is 565 g/mol. The van der Waals surface area contributed by atoms with Crippen LogP contribution in [0.4, 0.5) is 5.69 Å². The number of ether oxygens (including phenoxy) is 1. The van der Waals surface area contributed by atoms with E-state index in [9.17, 15) is 8.42 Å². The van der Waals surface area contributed by atoms with E-state index in [1.165, 1.54) is 6.26 Å². The number of anilines is 1. The Kier molecular flexibility index (Phi) is 10.1. The quantitative estimate of drug-likeness (QED) is 0.324. The van der Waals surface area contributed by atoms with E-state index in [0.29, 0.717) is 19.0 Å². The van der Waals surface area contributed by atoms with E-state index >= 15 is 0 Å². The number of methoxy groups -OCH3 is 1. The number of nitrogens with one attached hydrogen (secondary N) is 1.